The molecule has 6 aliphatic rings. The molecular formula is C38H65NO31. The van der Waals surface area contributed by atoms with Crippen LogP contribution in [0.1, 0.15) is 6.92 Å². The second-order valence-corrected chi connectivity index (χ2v) is 17.5. The van der Waals surface area contributed by atoms with E-state index in [1.807, 2.05) is 0 Å². The average Bonchev–Trinajstić information content (AvgIpc) is 3.33. The summed E-state index contributed by atoms with van der Waals surface area (Å²) >= 11 is 0. The monoisotopic (exact) mass is 1030 g/mol. The maximum Gasteiger partial charge on any atom is 0.217 e. The molecule has 70 heavy (non-hydrogen) atoms. The second kappa shape index (κ2) is 24.7. The number of carbonyl (C=O) groups excluding carboxylic acids is 1. The fraction of sp³-hybridized carbons (Fsp3) is 0.974. The Balaban J connectivity index is 1.17. The molecule has 6 fully saturated rings. The molecule has 0 aliphatic carbocycles. The summed E-state index contributed by atoms with van der Waals surface area (Å²) in [5.74, 6) is -0.752. The molecule has 6 saturated heterocycles. The highest BCUT2D eigenvalue weighted by atomic mass is 16.8. The molecule has 0 aromatic carbocycles. The predicted molar refractivity (Wildman–Crippen MR) is 211 cm³/mol. The number of carbonyl (C=O) groups is 1. The summed E-state index contributed by atoms with van der Waals surface area (Å²) in [6.45, 7) is -4.77. The number of rotatable bonds is 17. The van der Waals surface area contributed by atoms with Gasteiger partial charge in [0.2, 0.25) is 5.91 Å². The number of hydrogen-bond acceptors (Lipinski definition) is 31. The molecule has 0 spiro atoms. The molecule has 6 aliphatic heterocycles. The minimum Gasteiger partial charge on any atom is -0.394 e. The SMILES string of the molecule is CC(=O)N[C@H]1[C@H](O[C@H]2[C@@H](O)[C@@H](CO)O[C@H](O[C@H]3[C@@H](O)[C@@H](CO)O[C@H](O[C@H]4[C@@H](O)[C@@H](CO)O[C@H](O[C@@H]5[C@H](O)[C@@H](O)[C@H](O[C@H]6[C@H](O)[C@@H](O)[C@H](O)O[C@@H]6CO)O[C@@H]5CO)[C@@H]4O)[C@@H]3O)[C@@H]2O)O[C@H](CO)[C@H](O)[C@@H]1O. The first kappa shape index (κ1) is 57.5. The van der Waals surface area contributed by atoms with Crippen molar-refractivity contribution < 1.29 is 154 Å². The highest BCUT2D eigenvalue weighted by molar-refractivity contribution is 5.73. The summed E-state index contributed by atoms with van der Waals surface area (Å²) in [5, 5.41) is 204. The van der Waals surface area contributed by atoms with Gasteiger partial charge >= 0.3 is 0 Å². The van der Waals surface area contributed by atoms with Gasteiger partial charge < -0.3 is 154 Å². The number of aliphatic hydroxyl groups is 19. The molecule has 30 atom stereocenters. The van der Waals surface area contributed by atoms with E-state index in [9.17, 15) is 102 Å². The van der Waals surface area contributed by atoms with E-state index in [1.165, 1.54) is 0 Å². The van der Waals surface area contributed by atoms with Gasteiger partial charge in [-0.15, -0.1) is 0 Å². The van der Waals surface area contributed by atoms with Crippen LogP contribution in [0.3, 0.4) is 0 Å². The first-order chi connectivity index (χ1) is 33.2. The highest BCUT2D eigenvalue weighted by Gasteiger charge is 2.58. The Bertz CT molecular complexity index is 1630. The third-order valence-electron chi connectivity index (χ3n) is 12.8. The lowest BCUT2D eigenvalue weighted by Crippen LogP contribution is -2.69. The van der Waals surface area contributed by atoms with Gasteiger partial charge in [-0.3, -0.25) is 4.79 Å². The van der Waals surface area contributed by atoms with Crippen molar-refractivity contribution >= 4 is 5.91 Å². The standard InChI is InChI=1S/C38H65NO31/c1-8(46)39-15-20(51)16(47)9(2-40)61-34(15)68-30-17(48)10(3-41)63-37(25(30)56)70-32-19(50)12(5-43)64-38(27(32)58)69-31-18(49)11(4-42)62-36(26(31)57)67-29-14(7-45)65-35(24(55)22(29)53)66-28-13(6-44)60-33(59)23(54)21(28)52/h9-38,40-45,47-59H,2-7H2,1H3,(H,39,46)/t9-,10-,11-,12-,13-,14-,15-,16+,17+,18+,19+,20-,21-,22-,23-,24-,25-,26-,27-,28-,29+,30+,31+,32+,33-,34+,35+,36-,37-,38-/m1/s1. The van der Waals surface area contributed by atoms with Gasteiger partial charge in [0.1, 0.15) is 146 Å². The van der Waals surface area contributed by atoms with Crippen molar-refractivity contribution in [3.63, 3.8) is 0 Å². The molecule has 32 heteroatoms. The summed E-state index contributed by atoms with van der Waals surface area (Å²) < 4.78 is 61.3. The maximum atomic E-state index is 12.0. The third kappa shape index (κ3) is 11.9. The highest BCUT2D eigenvalue weighted by Crippen LogP contribution is 2.37. The van der Waals surface area contributed by atoms with E-state index in [2.05, 4.69) is 5.32 Å². The van der Waals surface area contributed by atoms with Crippen LogP contribution in [0.5, 0.6) is 0 Å². The lowest BCUT2D eigenvalue weighted by molar-refractivity contribution is -0.396. The molecule has 0 radical (unpaired) electrons. The average molecular weight is 1030 g/mol. The minimum absolute atomic E-state index is 0.752. The Kier molecular flexibility index (Phi) is 20.3. The number of amides is 1. The molecule has 32 nitrogen and oxygen atoms in total. The van der Waals surface area contributed by atoms with Crippen molar-refractivity contribution in [3.05, 3.63) is 0 Å². The van der Waals surface area contributed by atoms with Gasteiger partial charge in [0, 0.05) is 6.92 Å². The third-order valence-corrected chi connectivity index (χ3v) is 12.8. The van der Waals surface area contributed by atoms with E-state index in [-0.39, 0.29) is 0 Å². The van der Waals surface area contributed by atoms with Crippen molar-refractivity contribution in [1.29, 1.82) is 0 Å². The van der Waals surface area contributed by atoms with Crippen molar-refractivity contribution in [2.45, 2.75) is 191 Å². The molecular weight excluding hydrogens is 966 g/mol. The normalized spacial score (nSPS) is 51.5. The summed E-state index contributed by atoms with van der Waals surface area (Å²) in [7, 11) is 0. The Labute approximate surface area is 395 Å². The summed E-state index contributed by atoms with van der Waals surface area (Å²) in [6.07, 6.45) is -55.8. The molecule has 0 unspecified atom stereocenters. The summed E-state index contributed by atoms with van der Waals surface area (Å²) in [5.41, 5.74) is 0. The molecule has 0 aromatic heterocycles. The fourth-order valence-corrected chi connectivity index (χ4v) is 8.91. The number of hydrogen-bond donors (Lipinski definition) is 20. The van der Waals surface area contributed by atoms with Crippen molar-refractivity contribution in [3.8, 4) is 0 Å². The van der Waals surface area contributed by atoms with Crippen LogP contribution in [0.25, 0.3) is 0 Å². The van der Waals surface area contributed by atoms with Crippen LogP contribution in [-0.2, 0) is 56.9 Å². The Morgan fingerprint density at radius 2 is 0.643 bits per heavy atom. The Hall–Kier alpha value is -1.73. The van der Waals surface area contributed by atoms with Gasteiger partial charge in [0.05, 0.1) is 39.6 Å². The first-order valence-corrected chi connectivity index (χ1v) is 22.1. The Morgan fingerprint density at radius 3 is 1.03 bits per heavy atom. The number of ether oxygens (including phenoxy) is 11. The van der Waals surface area contributed by atoms with Gasteiger partial charge in [-0.25, -0.2) is 0 Å². The smallest absolute Gasteiger partial charge is 0.217 e. The van der Waals surface area contributed by atoms with Crippen molar-refractivity contribution in [1.82, 2.24) is 5.32 Å². The van der Waals surface area contributed by atoms with Crippen LogP contribution in [0.15, 0.2) is 0 Å². The van der Waals surface area contributed by atoms with Gasteiger partial charge in [0.25, 0.3) is 0 Å². The molecule has 6 rings (SSSR count). The van der Waals surface area contributed by atoms with Crippen LogP contribution in [0.4, 0.5) is 0 Å². The number of aliphatic hydroxyl groups excluding tert-OH is 19. The molecule has 20 N–H and O–H groups in total. The largest absolute Gasteiger partial charge is 0.394 e. The van der Waals surface area contributed by atoms with E-state index in [0.29, 0.717) is 0 Å². The fourth-order valence-electron chi connectivity index (χ4n) is 8.91. The van der Waals surface area contributed by atoms with Crippen LogP contribution < -0.4 is 5.32 Å². The zero-order valence-electron chi connectivity index (χ0n) is 37.0. The molecule has 0 saturated carbocycles. The van der Waals surface area contributed by atoms with Crippen LogP contribution in [-0.4, -0.2) is 327 Å². The van der Waals surface area contributed by atoms with Crippen LogP contribution >= 0.6 is 0 Å². The molecule has 0 aromatic rings. The second-order valence-electron chi connectivity index (χ2n) is 17.5. The van der Waals surface area contributed by atoms with Gasteiger partial charge in [-0.2, -0.15) is 0 Å². The van der Waals surface area contributed by atoms with Crippen LogP contribution in [0, 0.1) is 0 Å². The Morgan fingerprint density at radius 1 is 0.343 bits per heavy atom. The van der Waals surface area contributed by atoms with Gasteiger partial charge in [-0.1, -0.05) is 0 Å². The minimum atomic E-state index is -2.25. The zero-order valence-corrected chi connectivity index (χ0v) is 37.0. The molecule has 1 amide bonds. The summed E-state index contributed by atoms with van der Waals surface area (Å²) in [6, 6.07) is -1.58. The van der Waals surface area contributed by atoms with Crippen molar-refractivity contribution in [2.75, 3.05) is 39.6 Å². The lowest BCUT2D eigenvalue weighted by Gasteiger charge is -2.50. The lowest BCUT2D eigenvalue weighted by atomic mass is 9.94. The van der Waals surface area contributed by atoms with E-state index >= 15 is 0 Å². The van der Waals surface area contributed by atoms with Crippen LogP contribution in [0.2, 0.25) is 0 Å². The first-order valence-electron chi connectivity index (χ1n) is 22.1. The number of nitrogens with one attached hydrogen (secondary N) is 1. The van der Waals surface area contributed by atoms with Gasteiger partial charge in [-0.05, 0) is 0 Å². The molecule has 6 heterocycles. The van der Waals surface area contributed by atoms with E-state index in [4.69, 9.17) is 52.1 Å². The van der Waals surface area contributed by atoms with Crippen molar-refractivity contribution in [2.24, 2.45) is 0 Å². The topological polar surface area (TPSA) is 515 Å². The van der Waals surface area contributed by atoms with Gasteiger partial charge in [0.15, 0.2) is 37.7 Å². The molecule has 0 bridgehead atoms. The van der Waals surface area contributed by atoms with E-state index in [1.54, 1.807) is 0 Å². The predicted octanol–water partition coefficient (Wildman–Crippen LogP) is -14.0. The van der Waals surface area contributed by atoms with E-state index < -0.39 is 230 Å². The molecule has 408 valence electrons. The zero-order chi connectivity index (χ0) is 51.6. The quantitative estimate of drug-likeness (QED) is 0.0643. The maximum absolute atomic E-state index is 12.0. The van der Waals surface area contributed by atoms with E-state index in [0.717, 1.165) is 6.92 Å². The summed E-state index contributed by atoms with van der Waals surface area (Å²) in [4.78, 5) is 12.0.